The van der Waals surface area contributed by atoms with Crippen molar-refractivity contribution in [3.63, 3.8) is 0 Å². The van der Waals surface area contributed by atoms with Crippen LogP contribution >= 0.6 is 0 Å². The molecule has 154 valence electrons. The average Bonchev–Trinajstić information content (AvgIpc) is 3.33. The average molecular weight is 376 g/mol. The van der Waals surface area contributed by atoms with E-state index in [-0.39, 0.29) is 18.1 Å². The van der Waals surface area contributed by atoms with E-state index in [4.69, 9.17) is 0 Å². The molecule has 0 radical (unpaired) electrons. The molecule has 0 heterocycles. The highest BCUT2D eigenvalue weighted by Crippen LogP contribution is 2.50. The largest absolute Gasteiger partial charge is 0.392 e. The summed E-state index contributed by atoms with van der Waals surface area (Å²) in [6.07, 6.45) is 19.4. The highest BCUT2D eigenvalue weighted by Gasteiger charge is 2.45. The third-order valence-electron chi connectivity index (χ3n) is 7.27. The van der Waals surface area contributed by atoms with Gasteiger partial charge in [-0.3, -0.25) is 0 Å². The van der Waals surface area contributed by atoms with Crippen LogP contribution in [0.3, 0.4) is 0 Å². The molecule has 2 N–H and O–H groups in total. The molecule has 27 heavy (non-hydrogen) atoms. The van der Waals surface area contributed by atoms with Crippen LogP contribution < -0.4 is 0 Å². The van der Waals surface area contributed by atoms with Crippen LogP contribution in [0.2, 0.25) is 0 Å². The van der Waals surface area contributed by atoms with Gasteiger partial charge in [0.1, 0.15) is 0 Å². The van der Waals surface area contributed by atoms with E-state index in [1.807, 2.05) is 6.08 Å². The van der Waals surface area contributed by atoms with Crippen molar-refractivity contribution in [3.8, 4) is 0 Å². The van der Waals surface area contributed by atoms with Crippen molar-refractivity contribution in [1.29, 1.82) is 0 Å². The van der Waals surface area contributed by atoms with Crippen molar-refractivity contribution in [2.75, 3.05) is 20.6 Å². The van der Waals surface area contributed by atoms with Crippen molar-refractivity contribution in [1.82, 2.24) is 4.90 Å². The topological polar surface area (TPSA) is 43.7 Å². The van der Waals surface area contributed by atoms with Crippen LogP contribution in [0.5, 0.6) is 0 Å². The van der Waals surface area contributed by atoms with E-state index in [0.29, 0.717) is 17.8 Å². The molecule has 3 fully saturated rings. The van der Waals surface area contributed by atoms with E-state index in [2.05, 4.69) is 31.1 Å². The highest BCUT2D eigenvalue weighted by molar-refractivity contribution is 5.18. The standard InChI is InChI=1S/C24H41NO2/c1-25(2)14-8-4-3-5-9-18-15-20-17-24(27)21(22(20)16-18)12-13-23(26)19-10-6-7-11-19/h9,12-13,19-24,26-27H,3-8,10-11,14-17H2,1-2H3/b13-12+,18-9+/t20-,21+,22-,23+,24+/m0/s1. The molecule has 0 amide bonds. The lowest BCUT2D eigenvalue weighted by Crippen LogP contribution is -2.19. The molecule has 0 aromatic carbocycles. The van der Waals surface area contributed by atoms with Gasteiger partial charge in [0.25, 0.3) is 0 Å². The number of rotatable bonds is 9. The Balaban J connectivity index is 1.44. The summed E-state index contributed by atoms with van der Waals surface area (Å²) in [7, 11) is 4.29. The Morgan fingerprint density at radius 2 is 1.89 bits per heavy atom. The number of aliphatic hydroxyl groups is 2. The molecule has 5 atom stereocenters. The molecule has 3 saturated carbocycles. The highest BCUT2D eigenvalue weighted by atomic mass is 16.3. The molecule has 0 saturated heterocycles. The lowest BCUT2D eigenvalue weighted by Gasteiger charge is -2.19. The van der Waals surface area contributed by atoms with Gasteiger partial charge in [0.05, 0.1) is 12.2 Å². The van der Waals surface area contributed by atoms with Gasteiger partial charge in [0.2, 0.25) is 0 Å². The van der Waals surface area contributed by atoms with Crippen LogP contribution in [-0.2, 0) is 0 Å². The maximum Gasteiger partial charge on any atom is 0.0749 e. The fourth-order valence-corrected chi connectivity index (χ4v) is 5.69. The third-order valence-corrected chi connectivity index (χ3v) is 7.27. The molecule has 3 aliphatic rings. The zero-order valence-electron chi connectivity index (χ0n) is 17.5. The summed E-state index contributed by atoms with van der Waals surface area (Å²) >= 11 is 0. The van der Waals surface area contributed by atoms with Gasteiger partial charge in [-0.25, -0.2) is 0 Å². The van der Waals surface area contributed by atoms with Crippen molar-refractivity contribution in [2.45, 2.75) is 82.8 Å². The molecular weight excluding hydrogens is 334 g/mol. The Hall–Kier alpha value is -0.640. The van der Waals surface area contributed by atoms with Crippen molar-refractivity contribution in [3.05, 3.63) is 23.8 Å². The van der Waals surface area contributed by atoms with Crippen LogP contribution in [0.15, 0.2) is 23.8 Å². The van der Waals surface area contributed by atoms with E-state index < -0.39 is 0 Å². The van der Waals surface area contributed by atoms with E-state index in [9.17, 15) is 10.2 Å². The summed E-state index contributed by atoms with van der Waals surface area (Å²) in [6, 6.07) is 0. The molecule has 0 bridgehead atoms. The minimum atomic E-state index is -0.308. The predicted octanol–water partition coefficient (Wildman–Crippen LogP) is 4.55. The molecule has 0 aromatic heterocycles. The maximum absolute atomic E-state index is 10.5. The molecule has 0 unspecified atom stereocenters. The number of hydrogen-bond donors (Lipinski definition) is 2. The van der Waals surface area contributed by atoms with Crippen LogP contribution in [-0.4, -0.2) is 48.0 Å². The second-order valence-electron chi connectivity index (χ2n) is 9.65. The lowest BCUT2D eigenvalue weighted by atomic mass is 9.89. The fourth-order valence-electron chi connectivity index (χ4n) is 5.69. The van der Waals surface area contributed by atoms with Gasteiger partial charge < -0.3 is 15.1 Å². The molecule has 3 nitrogen and oxygen atoms in total. The van der Waals surface area contributed by atoms with Gasteiger partial charge >= 0.3 is 0 Å². The maximum atomic E-state index is 10.5. The number of aliphatic hydroxyl groups excluding tert-OH is 2. The van der Waals surface area contributed by atoms with Gasteiger partial charge in [-0.15, -0.1) is 0 Å². The normalized spacial score (nSPS) is 34.3. The van der Waals surface area contributed by atoms with Crippen LogP contribution in [0.1, 0.15) is 70.6 Å². The molecule has 0 spiro atoms. The minimum Gasteiger partial charge on any atom is -0.392 e. The van der Waals surface area contributed by atoms with E-state index in [0.717, 1.165) is 25.7 Å². The van der Waals surface area contributed by atoms with Crippen molar-refractivity contribution >= 4 is 0 Å². The minimum absolute atomic E-state index is 0.209. The van der Waals surface area contributed by atoms with Gasteiger partial charge in [0.15, 0.2) is 0 Å². The number of hydrogen-bond acceptors (Lipinski definition) is 3. The van der Waals surface area contributed by atoms with E-state index >= 15 is 0 Å². The third kappa shape index (κ3) is 5.92. The Labute approximate surface area is 166 Å². The van der Waals surface area contributed by atoms with Crippen molar-refractivity contribution in [2.24, 2.45) is 23.7 Å². The van der Waals surface area contributed by atoms with Crippen LogP contribution in [0.4, 0.5) is 0 Å². The molecular formula is C24H41NO2. The number of fused-ring (bicyclic) bond motifs is 1. The smallest absolute Gasteiger partial charge is 0.0749 e. The Kier molecular flexibility index (Phi) is 7.98. The molecule has 3 aliphatic carbocycles. The number of unbranched alkanes of at least 4 members (excludes halogenated alkanes) is 3. The summed E-state index contributed by atoms with van der Waals surface area (Å²) in [6.45, 7) is 1.19. The first-order valence-corrected chi connectivity index (χ1v) is 11.4. The summed E-state index contributed by atoms with van der Waals surface area (Å²) in [5, 5.41) is 20.9. The van der Waals surface area contributed by atoms with E-state index in [1.54, 1.807) is 5.57 Å². The fraction of sp³-hybridized carbons (Fsp3) is 0.833. The number of nitrogens with zero attached hydrogens (tertiary/aromatic N) is 1. The van der Waals surface area contributed by atoms with E-state index in [1.165, 1.54) is 51.5 Å². The first kappa shape index (κ1) is 21.1. The van der Waals surface area contributed by atoms with Crippen LogP contribution in [0.25, 0.3) is 0 Å². The first-order valence-electron chi connectivity index (χ1n) is 11.4. The first-order chi connectivity index (χ1) is 13.0. The molecule has 0 aromatic rings. The Morgan fingerprint density at radius 1 is 1.11 bits per heavy atom. The van der Waals surface area contributed by atoms with Gasteiger partial charge in [-0.2, -0.15) is 0 Å². The molecule has 3 rings (SSSR count). The molecule has 0 aliphatic heterocycles. The summed E-state index contributed by atoms with van der Waals surface area (Å²) in [4.78, 5) is 2.26. The lowest BCUT2D eigenvalue weighted by molar-refractivity contribution is 0.135. The zero-order valence-corrected chi connectivity index (χ0v) is 17.5. The quantitative estimate of drug-likeness (QED) is 0.459. The Bertz CT molecular complexity index is 507. The second-order valence-corrected chi connectivity index (χ2v) is 9.65. The zero-order chi connectivity index (χ0) is 19.2. The van der Waals surface area contributed by atoms with Gasteiger partial charge in [-0.1, -0.05) is 43.1 Å². The Morgan fingerprint density at radius 3 is 2.63 bits per heavy atom. The monoisotopic (exact) mass is 375 g/mol. The van der Waals surface area contributed by atoms with Gasteiger partial charge in [0, 0.05) is 5.92 Å². The SMILES string of the molecule is CN(C)CCCCC/C=C1\C[C@H]2C[C@@H](O)[C@H](/C=C/[C@@H](O)C3CCCC3)[C@H]2C1. The second kappa shape index (κ2) is 10.2. The summed E-state index contributed by atoms with van der Waals surface area (Å²) in [5.41, 5.74) is 1.62. The summed E-state index contributed by atoms with van der Waals surface area (Å²) < 4.78 is 0. The van der Waals surface area contributed by atoms with Crippen molar-refractivity contribution < 1.29 is 10.2 Å². The van der Waals surface area contributed by atoms with Crippen LogP contribution in [0, 0.1) is 23.7 Å². The predicted molar refractivity (Wildman–Crippen MR) is 113 cm³/mol. The van der Waals surface area contributed by atoms with Gasteiger partial charge in [-0.05, 0) is 89.8 Å². The summed E-state index contributed by atoms with van der Waals surface area (Å²) in [5.74, 6) is 1.93. The molecule has 3 heteroatoms. The number of allylic oxidation sites excluding steroid dienone is 2.